The van der Waals surface area contributed by atoms with E-state index >= 15 is 0 Å². The monoisotopic (exact) mass is 433 g/mol. The number of hydrogen-bond donors (Lipinski definition) is 2. The molecule has 2 N–H and O–H groups in total. The molecule has 0 unspecified atom stereocenters. The molecule has 0 spiro atoms. The van der Waals surface area contributed by atoms with Gasteiger partial charge < -0.3 is 14.8 Å². The van der Waals surface area contributed by atoms with Crippen LogP contribution in [0.3, 0.4) is 0 Å². The standard InChI is InChI=1S/C18H22F3N3O4S/c1-4-27-15(25)17(18(19,20)21,24-16(26)28-5-2)23-14-12(9-22)11-7-6-10(3)8-13(11)29-14/h10,23H,4-8H2,1-3H3,(H,24,26)/t10-,17+/m0/s1. The fourth-order valence-corrected chi connectivity index (χ4v) is 4.49. The first kappa shape index (κ1) is 22.8. The van der Waals surface area contributed by atoms with Gasteiger partial charge in [-0.1, -0.05) is 6.92 Å². The van der Waals surface area contributed by atoms with Crippen LogP contribution in [0.4, 0.5) is 23.0 Å². The second-order valence-corrected chi connectivity index (χ2v) is 7.71. The van der Waals surface area contributed by atoms with Crippen molar-refractivity contribution in [3.8, 4) is 6.07 Å². The van der Waals surface area contributed by atoms with Crippen molar-refractivity contribution in [1.29, 1.82) is 5.26 Å². The molecular weight excluding hydrogens is 411 g/mol. The van der Waals surface area contributed by atoms with Crippen LogP contribution in [0.1, 0.15) is 43.2 Å². The molecule has 1 aliphatic rings. The van der Waals surface area contributed by atoms with Gasteiger partial charge in [0.15, 0.2) is 0 Å². The minimum atomic E-state index is -5.28. The Kier molecular flexibility index (Phi) is 7.00. The number of nitriles is 1. The second-order valence-electron chi connectivity index (χ2n) is 6.61. The number of fused-ring (bicyclic) bond motifs is 1. The molecule has 160 valence electrons. The van der Waals surface area contributed by atoms with Gasteiger partial charge in [-0.05, 0) is 44.6 Å². The third-order valence-electron chi connectivity index (χ3n) is 4.50. The highest BCUT2D eigenvalue weighted by Crippen LogP contribution is 2.42. The SMILES string of the molecule is CCOC(=O)N[C@](Nc1sc2c(c1C#N)CC[C@H](C)C2)(C(=O)OCC)C(F)(F)F. The van der Waals surface area contributed by atoms with Gasteiger partial charge in [-0.2, -0.15) is 18.4 Å². The average Bonchev–Trinajstić information content (AvgIpc) is 2.96. The molecule has 0 bridgehead atoms. The summed E-state index contributed by atoms with van der Waals surface area (Å²) in [7, 11) is 0. The number of alkyl halides is 3. The summed E-state index contributed by atoms with van der Waals surface area (Å²) in [5.74, 6) is -1.42. The van der Waals surface area contributed by atoms with Crippen molar-refractivity contribution in [3.05, 3.63) is 16.0 Å². The maximum absolute atomic E-state index is 14.1. The number of esters is 1. The molecule has 1 amide bonds. The summed E-state index contributed by atoms with van der Waals surface area (Å²) < 4.78 is 51.5. The van der Waals surface area contributed by atoms with Crippen LogP contribution in [-0.2, 0) is 27.1 Å². The fourth-order valence-electron chi connectivity index (χ4n) is 3.08. The lowest BCUT2D eigenvalue weighted by atomic mass is 9.88. The molecule has 11 heteroatoms. The van der Waals surface area contributed by atoms with Crippen LogP contribution < -0.4 is 10.6 Å². The van der Waals surface area contributed by atoms with E-state index in [1.807, 2.05) is 13.0 Å². The van der Waals surface area contributed by atoms with Crippen molar-refractivity contribution in [2.45, 2.75) is 51.9 Å². The number of rotatable bonds is 6. The van der Waals surface area contributed by atoms with Crippen molar-refractivity contribution >= 4 is 28.4 Å². The van der Waals surface area contributed by atoms with Gasteiger partial charge in [-0.3, -0.25) is 5.32 Å². The molecule has 0 aliphatic heterocycles. The van der Waals surface area contributed by atoms with Gasteiger partial charge in [0.05, 0.1) is 18.8 Å². The highest BCUT2D eigenvalue weighted by atomic mass is 32.1. The molecule has 1 aliphatic carbocycles. The van der Waals surface area contributed by atoms with Crippen LogP contribution in [0.25, 0.3) is 0 Å². The first-order chi connectivity index (χ1) is 13.6. The normalized spacial score (nSPS) is 18.0. The summed E-state index contributed by atoms with van der Waals surface area (Å²) in [5, 5.41) is 13.1. The number of nitrogens with one attached hydrogen (secondary N) is 2. The molecule has 0 saturated heterocycles. The summed E-state index contributed by atoms with van der Waals surface area (Å²) in [5.41, 5.74) is -2.88. The zero-order chi connectivity index (χ0) is 21.8. The Labute approximate surface area is 170 Å². The zero-order valence-electron chi connectivity index (χ0n) is 16.2. The van der Waals surface area contributed by atoms with E-state index in [0.29, 0.717) is 24.3 Å². The van der Waals surface area contributed by atoms with E-state index in [4.69, 9.17) is 0 Å². The predicted octanol–water partition coefficient (Wildman–Crippen LogP) is 3.72. The summed E-state index contributed by atoms with van der Waals surface area (Å²) in [4.78, 5) is 25.0. The Morgan fingerprint density at radius 1 is 1.28 bits per heavy atom. The van der Waals surface area contributed by atoms with Crippen LogP contribution >= 0.6 is 11.3 Å². The summed E-state index contributed by atoms with van der Waals surface area (Å²) >= 11 is 0.976. The van der Waals surface area contributed by atoms with Gasteiger partial charge >= 0.3 is 23.9 Å². The van der Waals surface area contributed by atoms with Crippen molar-refractivity contribution in [2.24, 2.45) is 5.92 Å². The molecule has 0 fully saturated rings. The molecule has 2 atom stereocenters. The Morgan fingerprint density at radius 2 is 1.93 bits per heavy atom. The minimum absolute atomic E-state index is 0.0421. The van der Waals surface area contributed by atoms with Crippen molar-refractivity contribution in [1.82, 2.24) is 5.32 Å². The molecule has 29 heavy (non-hydrogen) atoms. The number of carbonyl (C=O) groups excluding carboxylic acids is 2. The highest BCUT2D eigenvalue weighted by Gasteiger charge is 2.64. The number of hydrogen-bond acceptors (Lipinski definition) is 7. The molecular formula is C18H22F3N3O4S. The number of anilines is 1. The minimum Gasteiger partial charge on any atom is -0.463 e. The van der Waals surface area contributed by atoms with E-state index in [-0.39, 0.29) is 23.8 Å². The molecule has 0 saturated carbocycles. The number of carbonyl (C=O) groups is 2. The lowest BCUT2D eigenvalue weighted by Crippen LogP contribution is -2.69. The Bertz CT molecular complexity index is 818. The van der Waals surface area contributed by atoms with Crippen LogP contribution in [0.5, 0.6) is 0 Å². The van der Waals surface area contributed by atoms with Crippen molar-refractivity contribution in [3.63, 3.8) is 0 Å². The number of amides is 1. The molecule has 0 radical (unpaired) electrons. The van der Waals surface area contributed by atoms with E-state index in [0.717, 1.165) is 22.6 Å². The van der Waals surface area contributed by atoms with Gasteiger partial charge in [0, 0.05) is 4.88 Å². The number of ether oxygens (including phenoxy) is 2. The average molecular weight is 433 g/mol. The van der Waals surface area contributed by atoms with Crippen molar-refractivity contribution < 1.29 is 32.2 Å². The first-order valence-corrected chi connectivity index (χ1v) is 9.92. The van der Waals surface area contributed by atoms with Gasteiger partial charge in [-0.25, -0.2) is 9.59 Å². The summed E-state index contributed by atoms with van der Waals surface area (Å²) in [6, 6.07) is 1.93. The Balaban J connectivity index is 2.56. The lowest BCUT2D eigenvalue weighted by molar-refractivity contribution is -0.205. The number of halogens is 3. The maximum Gasteiger partial charge on any atom is 0.442 e. The van der Waals surface area contributed by atoms with E-state index in [9.17, 15) is 28.0 Å². The molecule has 2 rings (SSSR count). The van der Waals surface area contributed by atoms with E-state index < -0.39 is 23.9 Å². The van der Waals surface area contributed by atoms with Crippen LogP contribution in [0.15, 0.2) is 0 Å². The molecule has 1 aromatic heterocycles. The smallest absolute Gasteiger partial charge is 0.442 e. The topological polar surface area (TPSA) is 100 Å². The maximum atomic E-state index is 14.1. The second kappa shape index (κ2) is 8.90. The third kappa shape index (κ3) is 4.58. The largest absolute Gasteiger partial charge is 0.463 e. The van der Waals surface area contributed by atoms with Crippen LogP contribution in [0, 0.1) is 17.2 Å². The molecule has 0 aromatic carbocycles. The number of alkyl carbamates (subject to hydrolysis) is 1. The molecule has 1 heterocycles. The van der Waals surface area contributed by atoms with Crippen molar-refractivity contribution in [2.75, 3.05) is 18.5 Å². The Morgan fingerprint density at radius 3 is 2.48 bits per heavy atom. The van der Waals surface area contributed by atoms with Gasteiger partial charge in [0.25, 0.3) is 0 Å². The van der Waals surface area contributed by atoms with E-state index in [1.54, 1.807) is 5.32 Å². The summed E-state index contributed by atoms with van der Waals surface area (Å²) in [6.07, 6.45) is -4.74. The number of nitrogens with zero attached hydrogens (tertiary/aromatic N) is 1. The third-order valence-corrected chi connectivity index (χ3v) is 5.67. The number of thiophene rings is 1. The first-order valence-electron chi connectivity index (χ1n) is 9.11. The van der Waals surface area contributed by atoms with Gasteiger partial charge in [0.1, 0.15) is 11.1 Å². The van der Waals surface area contributed by atoms with Crippen LogP contribution in [0.2, 0.25) is 0 Å². The molecule has 1 aromatic rings. The van der Waals surface area contributed by atoms with E-state index in [1.165, 1.54) is 13.8 Å². The van der Waals surface area contributed by atoms with E-state index in [2.05, 4.69) is 14.8 Å². The summed E-state index contributed by atoms with van der Waals surface area (Å²) in [6.45, 7) is 4.23. The fraction of sp³-hybridized carbons (Fsp3) is 0.611. The predicted molar refractivity (Wildman–Crippen MR) is 99.4 cm³/mol. The quantitative estimate of drug-likeness (QED) is 0.524. The van der Waals surface area contributed by atoms with Crippen LogP contribution in [-0.4, -0.2) is 37.1 Å². The Hall–Kier alpha value is -2.48. The zero-order valence-corrected chi connectivity index (χ0v) is 17.1. The van der Waals surface area contributed by atoms with Gasteiger partial charge in [0.2, 0.25) is 0 Å². The highest BCUT2D eigenvalue weighted by molar-refractivity contribution is 7.16. The van der Waals surface area contributed by atoms with Gasteiger partial charge in [-0.15, -0.1) is 11.3 Å². The lowest BCUT2D eigenvalue weighted by Gasteiger charge is -2.34. The molecule has 7 nitrogen and oxygen atoms in total.